The van der Waals surface area contributed by atoms with Crippen LogP contribution < -0.4 is 10.2 Å². The average Bonchev–Trinajstić information content (AvgIpc) is 3.40. The van der Waals surface area contributed by atoms with Gasteiger partial charge in [0.25, 0.3) is 5.69 Å². The third-order valence-electron chi connectivity index (χ3n) is 5.18. The topological polar surface area (TPSA) is 78.1 Å². The Bertz CT molecular complexity index is 1340. The van der Waals surface area contributed by atoms with Gasteiger partial charge in [-0.05, 0) is 32.0 Å². The molecule has 1 aromatic heterocycles. The molecule has 0 amide bonds. The van der Waals surface area contributed by atoms with Crippen LogP contribution in [0.25, 0.3) is 0 Å². The minimum Gasteiger partial charge on any atom is -0.258 e. The molecule has 34 heavy (non-hydrogen) atoms. The van der Waals surface area contributed by atoms with Gasteiger partial charge in [-0.3, -0.25) is 10.1 Å². The maximum atomic E-state index is 11.7. The number of aryl methyl sites for hydroxylation is 2. The Morgan fingerprint density at radius 2 is 1.56 bits per heavy atom. The number of hydrazone groups is 1. The van der Waals surface area contributed by atoms with Gasteiger partial charge in [-0.1, -0.05) is 72.0 Å². The third kappa shape index (κ3) is 4.09. The predicted molar refractivity (Wildman–Crippen MR) is 137 cm³/mol. The highest BCUT2D eigenvalue weighted by molar-refractivity contribution is 7.97. The summed E-state index contributed by atoms with van der Waals surface area (Å²) < 4.78 is 1.87. The number of nitrogens with zero attached hydrogens (tertiary/aromatic N) is 6. The Balaban J connectivity index is 1.68. The molecule has 170 valence electrons. The molecule has 2 heterocycles. The lowest BCUT2D eigenvalue weighted by atomic mass is 10.2. The zero-order valence-corrected chi connectivity index (χ0v) is 20.0. The quantitative estimate of drug-likeness (QED) is 0.182. The number of hydrazine groups is 2. The first kappa shape index (κ1) is 21.9. The second-order valence-electron chi connectivity index (χ2n) is 7.43. The lowest BCUT2D eigenvalue weighted by Crippen LogP contribution is -2.44. The molecule has 3 aromatic carbocycles. The normalized spacial score (nSPS) is 13.4. The fourth-order valence-corrected chi connectivity index (χ4v) is 5.27. The van der Waals surface area contributed by atoms with Crippen LogP contribution >= 0.6 is 23.3 Å². The van der Waals surface area contributed by atoms with Crippen molar-refractivity contribution in [3.8, 4) is 0 Å². The van der Waals surface area contributed by atoms with Crippen LogP contribution in [0, 0.1) is 24.0 Å². The highest BCUT2D eigenvalue weighted by atomic mass is 32.2. The number of rotatable bonds is 6. The zero-order valence-electron chi connectivity index (χ0n) is 18.4. The zero-order chi connectivity index (χ0) is 23.7. The van der Waals surface area contributed by atoms with Gasteiger partial charge >= 0.3 is 0 Å². The number of nitro groups is 1. The molecule has 0 unspecified atom stereocenters. The van der Waals surface area contributed by atoms with Gasteiger partial charge in [0.15, 0.2) is 5.84 Å². The molecule has 0 radical (unpaired) electrons. The number of benzene rings is 3. The number of hydrogen-bond donors (Lipinski definition) is 0. The molecule has 4 aromatic rings. The van der Waals surface area contributed by atoms with Crippen molar-refractivity contribution < 1.29 is 4.92 Å². The van der Waals surface area contributed by atoms with Gasteiger partial charge in [0, 0.05) is 28.5 Å². The van der Waals surface area contributed by atoms with Crippen LogP contribution in [0.3, 0.4) is 0 Å². The molecule has 0 fully saturated rings. The van der Waals surface area contributed by atoms with E-state index in [1.807, 2.05) is 84.0 Å². The minimum absolute atomic E-state index is 0.0345. The molecule has 0 spiro atoms. The van der Waals surface area contributed by atoms with E-state index in [2.05, 4.69) is 0 Å². The van der Waals surface area contributed by atoms with E-state index in [-0.39, 0.29) is 10.6 Å². The van der Waals surface area contributed by atoms with Crippen molar-refractivity contribution in [2.24, 2.45) is 5.10 Å². The highest BCUT2D eigenvalue weighted by Gasteiger charge is 2.38. The van der Waals surface area contributed by atoms with E-state index in [4.69, 9.17) is 10.1 Å². The molecular weight excluding hydrogens is 468 g/mol. The standard InChI is InChI=1S/C24H20N6O2S2/c1-17-18(2)33-24(25-17)27-26-23(19-11-5-3-6-12-19)29(28(27)20-13-7-4-8-14-20)34-22-16-10-9-15-21(22)30(31)32/h3-16H,1-2H3. The van der Waals surface area contributed by atoms with E-state index in [0.29, 0.717) is 15.9 Å². The van der Waals surface area contributed by atoms with Crippen LogP contribution in [-0.4, -0.2) is 20.2 Å². The second kappa shape index (κ2) is 9.16. The fraction of sp³-hybridized carbons (Fsp3) is 0.0833. The Morgan fingerprint density at radius 1 is 0.912 bits per heavy atom. The maximum absolute atomic E-state index is 11.7. The molecule has 1 aliphatic heterocycles. The monoisotopic (exact) mass is 488 g/mol. The average molecular weight is 489 g/mol. The number of anilines is 2. The molecule has 0 atom stereocenters. The first-order valence-corrected chi connectivity index (χ1v) is 12.1. The van der Waals surface area contributed by atoms with Crippen LogP contribution in [0.15, 0.2) is 94.9 Å². The summed E-state index contributed by atoms with van der Waals surface area (Å²) in [5.74, 6) is 0.637. The SMILES string of the molecule is Cc1nc(N2N=C(c3ccccc3)N(Sc3ccccc3[N+](=O)[O-])N2c2ccccc2)sc1C. The van der Waals surface area contributed by atoms with Gasteiger partial charge in [0.1, 0.15) is 4.90 Å². The summed E-state index contributed by atoms with van der Waals surface area (Å²) in [6, 6.07) is 26.3. The smallest absolute Gasteiger partial charge is 0.258 e. The van der Waals surface area contributed by atoms with Crippen molar-refractivity contribution in [1.29, 1.82) is 0 Å². The lowest BCUT2D eigenvalue weighted by Gasteiger charge is -2.33. The second-order valence-corrected chi connectivity index (χ2v) is 9.58. The summed E-state index contributed by atoms with van der Waals surface area (Å²) in [5, 5.41) is 21.0. The molecule has 0 aliphatic carbocycles. The first-order chi connectivity index (χ1) is 16.5. The Hall–Kier alpha value is -3.89. The molecule has 1 aliphatic rings. The van der Waals surface area contributed by atoms with Crippen LogP contribution in [-0.2, 0) is 0 Å². The largest absolute Gasteiger partial charge is 0.284 e. The molecule has 0 bridgehead atoms. The van der Waals surface area contributed by atoms with Crippen molar-refractivity contribution in [1.82, 2.24) is 9.40 Å². The highest BCUT2D eigenvalue weighted by Crippen LogP contribution is 2.41. The van der Waals surface area contributed by atoms with Crippen LogP contribution in [0.1, 0.15) is 16.1 Å². The van der Waals surface area contributed by atoms with Crippen molar-refractivity contribution in [2.75, 3.05) is 10.2 Å². The first-order valence-electron chi connectivity index (χ1n) is 10.5. The van der Waals surface area contributed by atoms with Gasteiger partial charge in [-0.25, -0.2) is 4.98 Å². The Labute approximate surface area is 205 Å². The number of nitro benzene ring substituents is 1. The number of hydrogen-bond acceptors (Lipinski definition) is 9. The van der Waals surface area contributed by atoms with Crippen molar-refractivity contribution in [3.05, 3.63) is 111 Å². The van der Waals surface area contributed by atoms with Crippen molar-refractivity contribution in [3.63, 3.8) is 0 Å². The van der Waals surface area contributed by atoms with E-state index >= 15 is 0 Å². The van der Waals surface area contributed by atoms with Gasteiger partial charge in [-0.2, -0.15) is 9.53 Å². The molecule has 5 rings (SSSR count). The summed E-state index contributed by atoms with van der Waals surface area (Å²) in [6.07, 6.45) is 0. The van der Waals surface area contributed by atoms with E-state index in [9.17, 15) is 10.1 Å². The number of amidine groups is 1. The molecule has 0 saturated heterocycles. The third-order valence-corrected chi connectivity index (χ3v) is 7.26. The van der Waals surface area contributed by atoms with Gasteiger partial charge in [-0.15, -0.1) is 10.2 Å². The molecule has 8 nitrogen and oxygen atoms in total. The van der Waals surface area contributed by atoms with Gasteiger partial charge in [0.05, 0.1) is 16.3 Å². The summed E-state index contributed by atoms with van der Waals surface area (Å²) in [6.45, 7) is 4.00. The van der Waals surface area contributed by atoms with Crippen molar-refractivity contribution >= 4 is 45.6 Å². The molecule has 10 heteroatoms. The van der Waals surface area contributed by atoms with E-state index < -0.39 is 0 Å². The lowest BCUT2D eigenvalue weighted by molar-refractivity contribution is -0.387. The molecule has 0 saturated carbocycles. The molecular formula is C24H20N6O2S2. The van der Waals surface area contributed by atoms with E-state index in [1.54, 1.807) is 34.7 Å². The van der Waals surface area contributed by atoms with Crippen LogP contribution in [0.4, 0.5) is 16.5 Å². The van der Waals surface area contributed by atoms with Crippen LogP contribution in [0.2, 0.25) is 0 Å². The summed E-state index contributed by atoms with van der Waals surface area (Å²) in [7, 11) is 0. The Morgan fingerprint density at radius 3 is 2.21 bits per heavy atom. The van der Waals surface area contributed by atoms with Crippen molar-refractivity contribution in [2.45, 2.75) is 18.7 Å². The number of para-hydroxylation sites is 2. The van der Waals surface area contributed by atoms with E-state index in [0.717, 1.165) is 21.8 Å². The van der Waals surface area contributed by atoms with Gasteiger partial charge in [0.2, 0.25) is 5.13 Å². The Kier molecular flexibility index (Phi) is 5.91. The number of thiazole rings is 1. The van der Waals surface area contributed by atoms with Gasteiger partial charge < -0.3 is 0 Å². The van der Waals surface area contributed by atoms with E-state index in [1.165, 1.54) is 18.0 Å². The summed E-state index contributed by atoms with van der Waals surface area (Å²) in [5.41, 5.74) is 2.69. The van der Waals surface area contributed by atoms with Crippen LogP contribution in [0.5, 0.6) is 0 Å². The minimum atomic E-state index is -0.365. The molecule has 0 N–H and O–H groups in total. The maximum Gasteiger partial charge on any atom is 0.284 e. The number of aromatic nitrogens is 1. The predicted octanol–water partition coefficient (Wildman–Crippen LogP) is 6.20. The summed E-state index contributed by atoms with van der Waals surface area (Å²) >= 11 is 2.79. The summed E-state index contributed by atoms with van der Waals surface area (Å²) in [4.78, 5) is 17.7. The fourth-order valence-electron chi connectivity index (χ4n) is 3.39.